The third-order valence-corrected chi connectivity index (χ3v) is 2.42. The van der Waals surface area contributed by atoms with Gasteiger partial charge in [-0.05, 0) is 18.9 Å². The molecule has 0 unspecified atom stereocenters. The Morgan fingerprint density at radius 1 is 1.29 bits per heavy atom. The van der Waals surface area contributed by atoms with Crippen LogP contribution in [0.5, 0.6) is 0 Å². The molecule has 0 heterocycles. The minimum absolute atomic E-state index is 0.375. The second kappa shape index (κ2) is 6.00. The molecule has 0 spiro atoms. The molecule has 5 heteroatoms. The highest BCUT2D eigenvalue weighted by atomic mass is 16.2. The zero-order valence-corrected chi connectivity index (χ0v) is 9.72. The second-order valence-corrected chi connectivity index (χ2v) is 3.93. The molecule has 5 N–H and O–H groups in total. The molecule has 0 bridgehead atoms. The number of nitrogens with one attached hydrogen (secondary N) is 1. The summed E-state index contributed by atoms with van der Waals surface area (Å²) in [4.78, 5) is 22.4. The monoisotopic (exact) mass is 235 g/mol. The largest absolute Gasteiger partial charge is 0.368 e. The predicted molar refractivity (Wildman–Crippen MR) is 64.9 cm³/mol. The van der Waals surface area contributed by atoms with Crippen molar-refractivity contribution < 1.29 is 9.59 Å². The molecule has 0 aliphatic rings. The van der Waals surface area contributed by atoms with E-state index in [1.54, 1.807) is 0 Å². The van der Waals surface area contributed by atoms with E-state index in [4.69, 9.17) is 11.5 Å². The van der Waals surface area contributed by atoms with E-state index in [1.807, 2.05) is 30.3 Å². The van der Waals surface area contributed by atoms with Crippen molar-refractivity contribution in [3.63, 3.8) is 0 Å². The molecule has 0 fully saturated rings. The molecule has 0 saturated carbocycles. The van der Waals surface area contributed by atoms with Gasteiger partial charge in [-0.15, -0.1) is 0 Å². The molecule has 2 atom stereocenters. The highest BCUT2D eigenvalue weighted by Gasteiger charge is 2.18. The fourth-order valence-electron chi connectivity index (χ4n) is 1.35. The summed E-state index contributed by atoms with van der Waals surface area (Å²) in [6.07, 6.45) is 0.429. The SMILES string of the molecule is C[C@H](NC(=O)[C@H](N)Cc1ccccc1)C(N)=O. The van der Waals surface area contributed by atoms with E-state index in [0.717, 1.165) is 5.56 Å². The predicted octanol–water partition coefficient (Wildman–Crippen LogP) is -0.454. The molecule has 0 radical (unpaired) electrons. The molecule has 5 nitrogen and oxygen atoms in total. The zero-order valence-electron chi connectivity index (χ0n) is 9.72. The molecule has 17 heavy (non-hydrogen) atoms. The van der Waals surface area contributed by atoms with E-state index in [1.165, 1.54) is 6.92 Å². The third kappa shape index (κ3) is 4.24. The van der Waals surface area contributed by atoms with Gasteiger partial charge in [-0.2, -0.15) is 0 Å². The van der Waals surface area contributed by atoms with E-state index in [9.17, 15) is 9.59 Å². The molecule has 1 aromatic rings. The molecular formula is C12H17N3O2. The van der Waals surface area contributed by atoms with Crippen LogP contribution in [0.1, 0.15) is 12.5 Å². The number of rotatable bonds is 5. The first-order valence-electron chi connectivity index (χ1n) is 5.40. The first-order valence-corrected chi connectivity index (χ1v) is 5.40. The van der Waals surface area contributed by atoms with Crippen LogP contribution >= 0.6 is 0 Å². The van der Waals surface area contributed by atoms with Crippen molar-refractivity contribution in [3.05, 3.63) is 35.9 Å². The lowest BCUT2D eigenvalue weighted by molar-refractivity contribution is -0.127. The van der Waals surface area contributed by atoms with Crippen LogP contribution in [-0.2, 0) is 16.0 Å². The highest BCUT2D eigenvalue weighted by molar-refractivity contribution is 5.88. The summed E-state index contributed by atoms with van der Waals surface area (Å²) in [7, 11) is 0. The van der Waals surface area contributed by atoms with Crippen LogP contribution in [0.15, 0.2) is 30.3 Å². The van der Waals surface area contributed by atoms with Crippen molar-refractivity contribution in [3.8, 4) is 0 Å². The first-order chi connectivity index (χ1) is 8.00. The lowest BCUT2D eigenvalue weighted by atomic mass is 10.1. The van der Waals surface area contributed by atoms with Crippen LogP contribution in [0.25, 0.3) is 0 Å². The molecular weight excluding hydrogens is 218 g/mol. The lowest BCUT2D eigenvalue weighted by Gasteiger charge is -2.15. The molecule has 92 valence electrons. The fourth-order valence-corrected chi connectivity index (χ4v) is 1.35. The zero-order chi connectivity index (χ0) is 12.8. The Bertz CT molecular complexity index is 392. The first kappa shape index (κ1) is 13.2. The van der Waals surface area contributed by atoms with E-state index < -0.39 is 18.0 Å². The van der Waals surface area contributed by atoms with E-state index in [2.05, 4.69) is 5.32 Å². The maximum Gasteiger partial charge on any atom is 0.239 e. The lowest BCUT2D eigenvalue weighted by Crippen LogP contribution is -2.49. The van der Waals surface area contributed by atoms with E-state index in [0.29, 0.717) is 6.42 Å². The van der Waals surface area contributed by atoms with Gasteiger partial charge in [0.25, 0.3) is 0 Å². The number of carbonyl (C=O) groups is 2. The topological polar surface area (TPSA) is 98.2 Å². The number of hydrogen-bond acceptors (Lipinski definition) is 3. The van der Waals surface area contributed by atoms with Crippen LogP contribution in [0.4, 0.5) is 0 Å². The van der Waals surface area contributed by atoms with Crippen molar-refractivity contribution in [2.45, 2.75) is 25.4 Å². The Hall–Kier alpha value is -1.88. The Kier molecular flexibility index (Phi) is 4.66. The summed E-state index contributed by atoms with van der Waals surface area (Å²) in [5.41, 5.74) is 11.7. The van der Waals surface area contributed by atoms with Crippen molar-refractivity contribution >= 4 is 11.8 Å². The summed E-state index contributed by atoms with van der Waals surface area (Å²) < 4.78 is 0. The van der Waals surface area contributed by atoms with Gasteiger partial charge < -0.3 is 16.8 Å². The maximum absolute atomic E-state index is 11.6. The van der Waals surface area contributed by atoms with Crippen LogP contribution in [0, 0.1) is 0 Å². The van der Waals surface area contributed by atoms with Crippen LogP contribution in [0.3, 0.4) is 0 Å². The van der Waals surface area contributed by atoms with Crippen molar-refractivity contribution in [1.82, 2.24) is 5.32 Å². The van der Waals surface area contributed by atoms with Gasteiger partial charge in [-0.3, -0.25) is 9.59 Å². The van der Waals surface area contributed by atoms with E-state index >= 15 is 0 Å². The van der Waals surface area contributed by atoms with Gasteiger partial charge in [-0.1, -0.05) is 30.3 Å². The standard InChI is InChI=1S/C12H17N3O2/c1-8(11(14)16)15-12(17)10(13)7-9-5-3-2-4-6-9/h2-6,8,10H,7,13H2,1H3,(H2,14,16)(H,15,17)/t8-,10+/m0/s1. The number of primary amides is 1. The molecule has 0 aromatic heterocycles. The molecule has 1 rings (SSSR count). The van der Waals surface area contributed by atoms with Crippen molar-refractivity contribution in [2.24, 2.45) is 11.5 Å². The summed E-state index contributed by atoms with van der Waals surface area (Å²) in [6.45, 7) is 1.52. The molecule has 0 aliphatic heterocycles. The molecule has 2 amide bonds. The smallest absolute Gasteiger partial charge is 0.239 e. The summed E-state index contributed by atoms with van der Waals surface area (Å²) in [6, 6.07) is 8.06. The normalized spacial score (nSPS) is 13.8. The van der Waals surface area contributed by atoms with Gasteiger partial charge in [0.1, 0.15) is 6.04 Å². The van der Waals surface area contributed by atoms with Gasteiger partial charge in [-0.25, -0.2) is 0 Å². The average molecular weight is 235 g/mol. The van der Waals surface area contributed by atoms with Crippen molar-refractivity contribution in [2.75, 3.05) is 0 Å². The third-order valence-electron chi connectivity index (χ3n) is 2.42. The van der Waals surface area contributed by atoms with E-state index in [-0.39, 0.29) is 5.91 Å². The minimum atomic E-state index is -0.704. The maximum atomic E-state index is 11.6. The highest BCUT2D eigenvalue weighted by Crippen LogP contribution is 2.02. The van der Waals surface area contributed by atoms with Gasteiger partial charge in [0.05, 0.1) is 6.04 Å². The second-order valence-electron chi connectivity index (χ2n) is 3.93. The van der Waals surface area contributed by atoms with Gasteiger partial charge in [0.2, 0.25) is 11.8 Å². The molecule has 0 aliphatic carbocycles. The Balaban J connectivity index is 2.50. The number of benzene rings is 1. The van der Waals surface area contributed by atoms with Crippen LogP contribution < -0.4 is 16.8 Å². The van der Waals surface area contributed by atoms with Gasteiger partial charge in [0.15, 0.2) is 0 Å². The number of amides is 2. The molecule has 0 saturated heterocycles. The number of nitrogens with two attached hydrogens (primary N) is 2. The Morgan fingerprint density at radius 2 is 1.88 bits per heavy atom. The number of hydrogen-bond donors (Lipinski definition) is 3. The average Bonchev–Trinajstić information content (AvgIpc) is 2.29. The van der Waals surface area contributed by atoms with Gasteiger partial charge in [0, 0.05) is 0 Å². The van der Waals surface area contributed by atoms with Crippen molar-refractivity contribution in [1.29, 1.82) is 0 Å². The quantitative estimate of drug-likeness (QED) is 0.644. The Morgan fingerprint density at radius 3 is 2.41 bits per heavy atom. The summed E-state index contributed by atoms with van der Waals surface area (Å²) in [5.74, 6) is -0.953. The Labute approximate surface area is 100 Å². The number of carbonyl (C=O) groups excluding carboxylic acids is 2. The molecule has 1 aromatic carbocycles. The minimum Gasteiger partial charge on any atom is -0.368 e. The fraction of sp³-hybridized carbons (Fsp3) is 0.333. The van der Waals surface area contributed by atoms with Crippen LogP contribution in [-0.4, -0.2) is 23.9 Å². The van der Waals surface area contributed by atoms with Crippen LogP contribution in [0.2, 0.25) is 0 Å². The summed E-state index contributed by atoms with van der Waals surface area (Å²) in [5, 5.41) is 2.46. The van der Waals surface area contributed by atoms with Gasteiger partial charge >= 0.3 is 0 Å². The summed E-state index contributed by atoms with van der Waals surface area (Å²) >= 11 is 0.